The summed E-state index contributed by atoms with van der Waals surface area (Å²) >= 11 is 0. The van der Waals surface area contributed by atoms with Crippen LogP contribution in [0.4, 0.5) is 5.69 Å². The first-order valence-electron chi connectivity index (χ1n) is 19.1. The SMILES string of the molecule is [C-]#[N+]c1cc[c-]c(-c2nc(C#N)cn2-c2c(C(C)C)cc(-c3ccc4oc5c(-n6c7ccccc7c7cc(C(C)C)ccc76)ccnc5c4c3)cc2C(C)C)c1.[Ir]. The van der Waals surface area contributed by atoms with Crippen molar-refractivity contribution >= 4 is 49.6 Å². The van der Waals surface area contributed by atoms with E-state index in [4.69, 9.17) is 21.0 Å². The van der Waals surface area contributed by atoms with E-state index in [9.17, 15) is 5.26 Å². The third-order valence-corrected chi connectivity index (χ3v) is 10.9. The number of para-hydroxylation sites is 1. The molecule has 0 fully saturated rings. The average molecular weight is 920 g/mol. The number of benzene rings is 5. The van der Waals surface area contributed by atoms with E-state index in [1.54, 1.807) is 24.4 Å². The van der Waals surface area contributed by atoms with E-state index in [1.807, 2.05) is 16.8 Å². The number of pyridine rings is 1. The van der Waals surface area contributed by atoms with Crippen LogP contribution < -0.4 is 0 Å². The summed E-state index contributed by atoms with van der Waals surface area (Å²) in [6, 6.07) is 39.0. The van der Waals surface area contributed by atoms with Crippen molar-refractivity contribution in [3.8, 4) is 40.0 Å². The van der Waals surface area contributed by atoms with E-state index in [-0.39, 0.29) is 31.9 Å². The van der Waals surface area contributed by atoms with Crippen LogP contribution in [0.15, 0.2) is 114 Å². The molecule has 0 aliphatic carbocycles. The van der Waals surface area contributed by atoms with Crippen molar-refractivity contribution < 1.29 is 24.5 Å². The fourth-order valence-corrected chi connectivity index (χ4v) is 8.06. The summed E-state index contributed by atoms with van der Waals surface area (Å²) in [6.07, 6.45) is 3.68. The Morgan fingerprint density at radius 1 is 0.789 bits per heavy atom. The molecule has 57 heavy (non-hydrogen) atoms. The molecule has 0 spiro atoms. The van der Waals surface area contributed by atoms with Crippen molar-refractivity contribution in [1.82, 2.24) is 19.1 Å². The zero-order valence-corrected chi connectivity index (χ0v) is 34.9. The van der Waals surface area contributed by atoms with Crippen molar-refractivity contribution in [2.45, 2.75) is 59.3 Å². The Morgan fingerprint density at radius 3 is 2.26 bits per heavy atom. The van der Waals surface area contributed by atoms with Gasteiger partial charge in [0.25, 0.3) is 0 Å². The van der Waals surface area contributed by atoms with Crippen molar-refractivity contribution in [3.63, 3.8) is 0 Å². The molecule has 0 amide bonds. The molecule has 9 rings (SSSR count). The Kier molecular flexibility index (Phi) is 9.66. The maximum absolute atomic E-state index is 9.96. The topological polar surface area (TPSA) is 76.9 Å². The van der Waals surface area contributed by atoms with Crippen LogP contribution in [0.1, 0.15) is 81.7 Å². The monoisotopic (exact) mass is 920 g/mol. The van der Waals surface area contributed by atoms with Gasteiger partial charge in [-0.1, -0.05) is 71.9 Å². The van der Waals surface area contributed by atoms with Crippen LogP contribution in [0.25, 0.3) is 82.6 Å². The van der Waals surface area contributed by atoms with Gasteiger partial charge in [0, 0.05) is 54.3 Å². The average Bonchev–Trinajstić information content (AvgIpc) is 3.92. The first-order valence-corrected chi connectivity index (χ1v) is 19.1. The van der Waals surface area contributed by atoms with Crippen LogP contribution >= 0.6 is 0 Å². The van der Waals surface area contributed by atoms with E-state index in [0.717, 1.165) is 66.7 Å². The van der Waals surface area contributed by atoms with Crippen molar-refractivity contribution in [2.75, 3.05) is 0 Å². The molecule has 0 unspecified atom stereocenters. The molecule has 0 bridgehead atoms. The summed E-state index contributed by atoms with van der Waals surface area (Å²) in [5.41, 5.74) is 13.7. The van der Waals surface area contributed by atoms with Gasteiger partial charge in [0.15, 0.2) is 5.58 Å². The maximum Gasteiger partial charge on any atom is 0.177 e. The van der Waals surface area contributed by atoms with Crippen LogP contribution in [0, 0.1) is 24.0 Å². The predicted molar refractivity (Wildman–Crippen MR) is 226 cm³/mol. The molecular weight excluding hydrogens is 881 g/mol. The Balaban J connectivity index is 0.00000455. The van der Waals surface area contributed by atoms with E-state index in [2.05, 4.69) is 136 Å². The van der Waals surface area contributed by atoms with E-state index in [1.165, 1.54) is 16.3 Å². The van der Waals surface area contributed by atoms with Gasteiger partial charge < -0.3 is 13.6 Å². The van der Waals surface area contributed by atoms with Crippen molar-refractivity contribution in [3.05, 3.63) is 149 Å². The molecule has 1 radical (unpaired) electrons. The number of nitrogens with zero attached hydrogens (tertiary/aromatic N) is 6. The van der Waals surface area contributed by atoms with Crippen LogP contribution in [0.5, 0.6) is 0 Å². The second kappa shape index (κ2) is 14.6. The Morgan fingerprint density at radius 2 is 1.54 bits per heavy atom. The Bertz CT molecular complexity index is 3080. The number of furan rings is 1. The fraction of sp³-hybridized carbons (Fsp3) is 0.184. The molecule has 0 aliphatic heterocycles. The minimum absolute atomic E-state index is 0. The largest absolute Gasteiger partial charge is 0.452 e. The van der Waals surface area contributed by atoms with E-state index < -0.39 is 0 Å². The number of aromatic nitrogens is 4. The third-order valence-electron chi connectivity index (χ3n) is 10.9. The normalized spacial score (nSPS) is 11.6. The number of hydrogen-bond donors (Lipinski definition) is 0. The molecule has 5 aromatic carbocycles. The standard InChI is InChI=1S/C49H39N6O.Ir/c1-28(2)31-15-17-43-40(22-31)37-13-8-9-14-42(37)55(43)44-19-20-52-46-41-23-32(16-18-45(41)56-48(44)46)34-24-38(29(3)4)47(39(25-34)30(5)6)54-27-36(26-50)53-49(54)33-11-10-12-35(21-33)51-7;/h8-10,12-25,27-30H,1-6H3;/q-1;. The van der Waals surface area contributed by atoms with Gasteiger partial charge in [0.2, 0.25) is 0 Å². The summed E-state index contributed by atoms with van der Waals surface area (Å²) in [4.78, 5) is 13.2. The third kappa shape index (κ3) is 6.23. The van der Waals surface area contributed by atoms with Gasteiger partial charge in [-0.3, -0.25) is 14.8 Å². The Hall–Kier alpha value is -6.31. The van der Waals surface area contributed by atoms with Crippen molar-refractivity contribution in [2.24, 2.45) is 0 Å². The van der Waals surface area contributed by atoms with Gasteiger partial charge in [0.05, 0.1) is 29.1 Å². The van der Waals surface area contributed by atoms with Gasteiger partial charge in [-0.05, 0) is 94.1 Å². The Labute approximate surface area is 345 Å². The first-order chi connectivity index (χ1) is 27.1. The van der Waals surface area contributed by atoms with Gasteiger partial charge in [-0.25, -0.2) is 0 Å². The van der Waals surface area contributed by atoms with Crippen LogP contribution in [-0.2, 0) is 20.1 Å². The number of hydrogen-bond acceptors (Lipinski definition) is 4. The number of imidazole rings is 1. The summed E-state index contributed by atoms with van der Waals surface area (Å²) in [5.74, 6) is 1.30. The van der Waals surface area contributed by atoms with E-state index >= 15 is 0 Å². The quantitative estimate of drug-likeness (QED) is 0.149. The molecule has 8 heteroatoms. The van der Waals surface area contributed by atoms with Gasteiger partial charge in [-0.2, -0.15) is 11.3 Å². The summed E-state index contributed by atoms with van der Waals surface area (Å²) in [7, 11) is 0. The zero-order chi connectivity index (χ0) is 38.8. The van der Waals surface area contributed by atoms with Gasteiger partial charge in [-0.15, -0.1) is 23.8 Å². The molecule has 0 saturated heterocycles. The predicted octanol–water partition coefficient (Wildman–Crippen LogP) is 13.2. The van der Waals surface area contributed by atoms with Crippen molar-refractivity contribution in [1.29, 1.82) is 5.26 Å². The van der Waals surface area contributed by atoms with Crippen LogP contribution in [0.3, 0.4) is 0 Å². The minimum Gasteiger partial charge on any atom is -0.452 e. The number of nitriles is 1. The van der Waals surface area contributed by atoms with Gasteiger partial charge >= 0.3 is 0 Å². The summed E-state index contributed by atoms with van der Waals surface area (Å²) in [6.45, 7) is 20.8. The van der Waals surface area contributed by atoms with Crippen LogP contribution in [-0.4, -0.2) is 19.1 Å². The zero-order valence-electron chi connectivity index (χ0n) is 32.5. The number of fused-ring (bicyclic) bond motifs is 6. The molecule has 0 saturated carbocycles. The first kappa shape index (κ1) is 37.6. The second-order valence-electron chi connectivity index (χ2n) is 15.4. The maximum atomic E-state index is 9.96. The molecule has 281 valence electrons. The van der Waals surface area contributed by atoms with E-state index in [0.29, 0.717) is 28.7 Å². The molecule has 0 aliphatic rings. The molecule has 0 N–H and O–H groups in total. The molecular formula is C49H39IrN6O-. The molecule has 7 nitrogen and oxygen atoms in total. The molecule has 4 aromatic heterocycles. The molecule has 4 heterocycles. The fourth-order valence-electron chi connectivity index (χ4n) is 8.06. The number of rotatable bonds is 7. The second-order valence-corrected chi connectivity index (χ2v) is 15.4. The smallest absolute Gasteiger partial charge is 0.177 e. The van der Waals surface area contributed by atoms with Gasteiger partial charge in [0.1, 0.15) is 28.6 Å². The summed E-state index contributed by atoms with van der Waals surface area (Å²) < 4.78 is 11.0. The summed E-state index contributed by atoms with van der Waals surface area (Å²) in [5, 5.41) is 13.3. The molecule has 9 aromatic rings. The minimum atomic E-state index is 0. The molecule has 0 atom stereocenters. The van der Waals surface area contributed by atoms with Crippen LogP contribution in [0.2, 0.25) is 0 Å².